The number of anilines is 2. The summed E-state index contributed by atoms with van der Waals surface area (Å²) >= 11 is 6.30. The van der Waals surface area contributed by atoms with E-state index in [1.807, 2.05) is 25.1 Å². The van der Waals surface area contributed by atoms with Gasteiger partial charge in [0, 0.05) is 19.8 Å². The molecule has 0 saturated heterocycles. The van der Waals surface area contributed by atoms with Crippen molar-refractivity contribution in [2.75, 3.05) is 51.5 Å². The van der Waals surface area contributed by atoms with Crippen LogP contribution in [-0.4, -0.2) is 53.6 Å². The zero-order valence-corrected chi connectivity index (χ0v) is 14.7. The molecule has 0 fully saturated rings. The van der Waals surface area contributed by atoms with Gasteiger partial charge in [-0.1, -0.05) is 11.6 Å². The van der Waals surface area contributed by atoms with Gasteiger partial charge in [-0.25, -0.2) is 9.59 Å². The maximum absolute atomic E-state index is 12.2. The fourth-order valence-electron chi connectivity index (χ4n) is 2.37. The molecule has 0 unspecified atom stereocenters. The first-order chi connectivity index (χ1) is 11.4. The monoisotopic (exact) mass is 354 g/mol. The van der Waals surface area contributed by atoms with Crippen LogP contribution >= 0.6 is 11.6 Å². The Labute approximate surface area is 145 Å². The van der Waals surface area contributed by atoms with E-state index in [1.165, 1.54) is 19.1 Å². The molecule has 1 aliphatic heterocycles. The minimum atomic E-state index is -0.647. The summed E-state index contributed by atoms with van der Waals surface area (Å²) in [5.41, 5.74) is 1.62. The van der Waals surface area contributed by atoms with E-state index in [1.54, 1.807) is 12.1 Å². The Morgan fingerprint density at radius 2 is 1.88 bits per heavy atom. The normalized spacial score (nSPS) is 14.5. The molecule has 0 spiro atoms. The Morgan fingerprint density at radius 1 is 1.21 bits per heavy atom. The highest BCUT2D eigenvalue weighted by Crippen LogP contribution is 2.33. The second-order valence-electron chi connectivity index (χ2n) is 5.25. The van der Waals surface area contributed by atoms with E-state index in [2.05, 4.69) is 0 Å². The van der Waals surface area contributed by atoms with Crippen molar-refractivity contribution in [2.45, 2.75) is 0 Å². The summed E-state index contributed by atoms with van der Waals surface area (Å²) in [7, 11) is 6.24. The van der Waals surface area contributed by atoms with E-state index in [0.29, 0.717) is 10.7 Å². The van der Waals surface area contributed by atoms with Gasteiger partial charge in [-0.15, -0.1) is 0 Å². The highest BCUT2D eigenvalue weighted by molar-refractivity contribution is 6.33. The Balaban J connectivity index is 2.53. The molecule has 8 heteroatoms. The number of esters is 2. The maximum Gasteiger partial charge on any atom is 0.355 e. The lowest BCUT2D eigenvalue weighted by Gasteiger charge is -2.31. The Bertz CT molecular complexity index is 687. The quantitative estimate of drug-likeness (QED) is 0.764. The highest BCUT2D eigenvalue weighted by Gasteiger charge is 2.32. The lowest BCUT2D eigenvalue weighted by atomic mass is 10.1. The molecule has 0 aromatic heterocycles. The molecule has 0 atom stereocenters. The van der Waals surface area contributed by atoms with Crippen LogP contribution in [0.3, 0.4) is 0 Å². The summed E-state index contributed by atoms with van der Waals surface area (Å²) in [5, 5.41) is 0.506. The van der Waals surface area contributed by atoms with Gasteiger partial charge in [-0.3, -0.25) is 0 Å². The van der Waals surface area contributed by atoms with Crippen LogP contribution in [0.25, 0.3) is 0 Å². The van der Waals surface area contributed by atoms with Crippen molar-refractivity contribution in [3.8, 4) is 0 Å². The number of halogens is 1. The number of rotatable bonds is 4. The van der Waals surface area contributed by atoms with Crippen molar-refractivity contribution >= 4 is 34.9 Å². The molecule has 0 bridgehead atoms. The van der Waals surface area contributed by atoms with Crippen LogP contribution < -0.4 is 9.80 Å². The predicted molar refractivity (Wildman–Crippen MR) is 90.1 cm³/mol. The number of carbonyl (C=O) groups is 2. The van der Waals surface area contributed by atoms with Gasteiger partial charge in [0.1, 0.15) is 12.4 Å². The first-order valence-corrected chi connectivity index (χ1v) is 7.50. The van der Waals surface area contributed by atoms with E-state index in [4.69, 9.17) is 25.8 Å². The molecular weight excluding hydrogens is 336 g/mol. The van der Waals surface area contributed by atoms with Crippen molar-refractivity contribution < 1.29 is 23.8 Å². The third kappa shape index (κ3) is 3.47. The lowest BCUT2D eigenvalue weighted by molar-refractivity contribution is -0.140. The van der Waals surface area contributed by atoms with Gasteiger partial charge < -0.3 is 24.0 Å². The summed E-state index contributed by atoms with van der Waals surface area (Å²) in [6.07, 6.45) is 0. The molecule has 2 rings (SSSR count). The van der Waals surface area contributed by atoms with Crippen molar-refractivity contribution in [3.05, 3.63) is 34.5 Å². The van der Waals surface area contributed by atoms with Crippen LogP contribution in [0.4, 0.5) is 11.4 Å². The van der Waals surface area contributed by atoms with E-state index in [0.717, 1.165) is 5.69 Å². The number of hydrogen-bond donors (Lipinski definition) is 0. The SMILES string of the molecule is COC(=O)C1=C(C(=O)OC)N(c2ccc(N(C)C)c(Cl)c2)COC1. The Kier molecular flexibility index (Phi) is 5.69. The molecule has 1 aromatic rings. The van der Waals surface area contributed by atoms with Gasteiger partial charge in [0.25, 0.3) is 0 Å². The lowest BCUT2D eigenvalue weighted by Crippen LogP contribution is -2.38. The largest absolute Gasteiger partial charge is 0.466 e. The molecule has 24 heavy (non-hydrogen) atoms. The number of hydrogen-bond acceptors (Lipinski definition) is 7. The fraction of sp³-hybridized carbons (Fsp3) is 0.375. The number of benzene rings is 1. The number of nitrogens with zero attached hydrogens (tertiary/aromatic N) is 2. The second-order valence-corrected chi connectivity index (χ2v) is 5.65. The van der Waals surface area contributed by atoms with Crippen molar-refractivity contribution in [3.63, 3.8) is 0 Å². The minimum Gasteiger partial charge on any atom is -0.466 e. The average Bonchev–Trinajstić information content (AvgIpc) is 2.59. The van der Waals surface area contributed by atoms with E-state index < -0.39 is 11.9 Å². The summed E-state index contributed by atoms with van der Waals surface area (Å²) in [6, 6.07) is 5.30. The van der Waals surface area contributed by atoms with Crippen LogP contribution in [0.15, 0.2) is 29.5 Å². The standard InChI is InChI=1S/C16H19ClN2O5/c1-18(2)13-6-5-10(7-12(13)17)19-9-24-8-11(15(20)22-3)14(19)16(21)23-4/h5-7H,8-9H2,1-4H3. The first-order valence-electron chi connectivity index (χ1n) is 7.12. The summed E-state index contributed by atoms with van der Waals surface area (Å²) < 4.78 is 15.0. The van der Waals surface area contributed by atoms with Crippen LogP contribution in [0, 0.1) is 0 Å². The minimum absolute atomic E-state index is 0.0306. The van der Waals surface area contributed by atoms with Crippen molar-refractivity contribution in [1.82, 2.24) is 0 Å². The van der Waals surface area contributed by atoms with Crippen LogP contribution in [-0.2, 0) is 23.8 Å². The molecule has 7 nitrogen and oxygen atoms in total. The molecule has 1 heterocycles. The third-order valence-corrected chi connectivity index (χ3v) is 3.86. The zero-order valence-electron chi connectivity index (χ0n) is 14.0. The van der Waals surface area contributed by atoms with Crippen LogP contribution in [0.1, 0.15) is 0 Å². The molecule has 0 amide bonds. The van der Waals surface area contributed by atoms with Gasteiger partial charge in [0.05, 0.1) is 37.1 Å². The van der Waals surface area contributed by atoms with Gasteiger partial charge in [0.2, 0.25) is 0 Å². The Morgan fingerprint density at radius 3 is 2.42 bits per heavy atom. The number of carbonyl (C=O) groups excluding carboxylic acids is 2. The van der Waals surface area contributed by atoms with Gasteiger partial charge in [-0.2, -0.15) is 0 Å². The van der Waals surface area contributed by atoms with Crippen LogP contribution in [0.5, 0.6) is 0 Å². The van der Waals surface area contributed by atoms with Crippen LogP contribution in [0.2, 0.25) is 5.02 Å². The molecule has 0 N–H and O–H groups in total. The summed E-state index contributed by atoms with van der Waals surface area (Å²) in [6.45, 7) is 0.0552. The van der Waals surface area contributed by atoms with Crippen molar-refractivity contribution in [1.29, 1.82) is 0 Å². The molecule has 130 valence electrons. The molecule has 0 saturated carbocycles. The molecule has 0 radical (unpaired) electrons. The third-order valence-electron chi connectivity index (χ3n) is 3.56. The van der Waals surface area contributed by atoms with E-state index in [-0.39, 0.29) is 24.6 Å². The topological polar surface area (TPSA) is 68.3 Å². The predicted octanol–water partition coefficient (Wildman–Crippen LogP) is 1.80. The average molecular weight is 355 g/mol. The maximum atomic E-state index is 12.2. The first kappa shape index (κ1) is 18.1. The highest BCUT2D eigenvalue weighted by atomic mass is 35.5. The number of methoxy groups -OCH3 is 2. The molecule has 1 aromatic carbocycles. The molecular formula is C16H19ClN2O5. The van der Waals surface area contributed by atoms with E-state index in [9.17, 15) is 9.59 Å². The Hall–Kier alpha value is -2.25. The number of ether oxygens (including phenoxy) is 3. The van der Waals surface area contributed by atoms with E-state index >= 15 is 0 Å². The fourth-order valence-corrected chi connectivity index (χ4v) is 2.72. The van der Waals surface area contributed by atoms with Crippen molar-refractivity contribution in [2.24, 2.45) is 0 Å². The molecule has 1 aliphatic rings. The van der Waals surface area contributed by atoms with Gasteiger partial charge in [-0.05, 0) is 18.2 Å². The zero-order chi connectivity index (χ0) is 17.9. The second kappa shape index (κ2) is 7.55. The smallest absolute Gasteiger partial charge is 0.355 e. The van der Waals surface area contributed by atoms with Gasteiger partial charge in [0.15, 0.2) is 0 Å². The van der Waals surface area contributed by atoms with Gasteiger partial charge >= 0.3 is 11.9 Å². The summed E-state index contributed by atoms with van der Waals surface area (Å²) in [4.78, 5) is 27.6. The molecule has 0 aliphatic carbocycles. The summed E-state index contributed by atoms with van der Waals surface area (Å²) in [5.74, 6) is -1.29.